The highest BCUT2D eigenvalue weighted by Gasteiger charge is 2.11. The van der Waals surface area contributed by atoms with Crippen LogP contribution in [-0.4, -0.2) is 27.5 Å². The van der Waals surface area contributed by atoms with Gasteiger partial charge in [-0.25, -0.2) is 0 Å². The Hall–Kier alpha value is -1.65. The number of aromatic nitrogens is 2. The minimum Gasteiger partial charge on any atom is -0.395 e. The molecule has 2 rings (SSSR count). The van der Waals surface area contributed by atoms with E-state index in [2.05, 4.69) is 29.5 Å². The van der Waals surface area contributed by atoms with Gasteiger partial charge in [-0.3, -0.25) is 4.68 Å². The van der Waals surface area contributed by atoms with Gasteiger partial charge in [0.2, 0.25) is 0 Å². The Morgan fingerprint density at radius 2 is 2.05 bits per heavy atom. The summed E-state index contributed by atoms with van der Waals surface area (Å²) >= 11 is 0. The molecule has 0 aliphatic heterocycles. The Morgan fingerprint density at radius 3 is 2.70 bits per heavy atom. The molecule has 0 radical (unpaired) electrons. The molecule has 1 aromatic carbocycles. The van der Waals surface area contributed by atoms with Crippen LogP contribution in [0.2, 0.25) is 0 Å². The summed E-state index contributed by atoms with van der Waals surface area (Å²) < 4.78 is 1.85. The maximum Gasteiger partial charge on any atom is 0.0666 e. The fourth-order valence-corrected chi connectivity index (χ4v) is 2.38. The van der Waals surface area contributed by atoms with Crippen molar-refractivity contribution in [3.63, 3.8) is 0 Å². The largest absolute Gasteiger partial charge is 0.395 e. The molecular weight excluding hydrogens is 250 g/mol. The van der Waals surface area contributed by atoms with Crippen LogP contribution in [0.15, 0.2) is 36.5 Å². The highest BCUT2D eigenvalue weighted by atomic mass is 16.3. The number of aryl methyl sites for hydroxylation is 2. The number of benzene rings is 1. The summed E-state index contributed by atoms with van der Waals surface area (Å²) in [6, 6.07) is 10.3. The molecule has 0 aliphatic carbocycles. The molecule has 0 fully saturated rings. The SMILES string of the molecule is CCc1nn(C)cc1CN[C@@H](CO)Cc1ccccc1. The fraction of sp³-hybridized carbons (Fsp3) is 0.438. The van der Waals surface area contributed by atoms with Gasteiger partial charge < -0.3 is 10.4 Å². The van der Waals surface area contributed by atoms with E-state index < -0.39 is 0 Å². The Labute approximate surface area is 120 Å². The smallest absolute Gasteiger partial charge is 0.0666 e. The molecule has 0 saturated heterocycles. The average molecular weight is 273 g/mol. The van der Waals surface area contributed by atoms with Gasteiger partial charge in [0.15, 0.2) is 0 Å². The monoisotopic (exact) mass is 273 g/mol. The minimum absolute atomic E-state index is 0.0716. The van der Waals surface area contributed by atoms with Crippen LogP contribution in [0.5, 0.6) is 0 Å². The van der Waals surface area contributed by atoms with E-state index in [1.54, 1.807) is 0 Å². The van der Waals surface area contributed by atoms with Crippen molar-refractivity contribution in [1.82, 2.24) is 15.1 Å². The van der Waals surface area contributed by atoms with E-state index in [4.69, 9.17) is 0 Å². The summed E-state index contributed by atoms with van der Waals surface area (Å²) in [4.78, 5) is 0. The van der Waals surface area contributed by atoms with Crippen LogP contribution in [0.4, 0.5) is 0 Å². The highest BCUT2D eigenvalue weighted by molar-refractivity contribution is 5.18. The standard InChI is InChI=1S/C16H23N3O/c1-3-16-14(11-19(2)18-16)10-17-15(12-20)9-13-7-5-4-6-8-13/h4-8,11,15,17,20H,3,9-10,12H2,1-2H3/t15-/m1/s1. The van der Waals surface area contributed by atoms with Gasteiger partial charge in [-0.15, -0.1) is 0 Å². The topological polar surface area (TPSA) is 50.1 Å². The van der Waals surface area contributed by atoms with Crippen molar-refractivity contribution in [2.75, 3.05) is 6.61 Å². The van der Waals surface area contributed by atoms with Crippen molar-refractivity contribution in [3.8, 4) is 0 Å². The molecule has 4 heteroatoms. The second kappa shape index (κ2) is 7.22. The molecule has 0 saturated carbocycles. The van der Waals surface area contributed by atoms with Crippen molar-refractivity contribution in [2.45, 2.75) is 32.4 Å². The van der Waals surface area contributed by atoms with Gasteiger partial charge in [0.25, 0.3) is 0 Å². The highest BCUT2D eigenvalue weighted by Crippen LogP contribution is 2.08. The number of aliphatic hydroxyl groups excluding tert-OH is 1. The molecule has 20 heavy (non-hydrogen) atoms. The summed E-state index contributed by atoms with van der Waals surface area (Å²) in [6.07, 6.45) is 3.81. The normalized spacial score (nSPS) is 12.6. The van der Waals surface area contributed by atoms with Crippen molar-refractivity contribution in [2.24, 2.45) is 7.05 Å². The number of rotatable bonds is 7. The van der Waals surface area contributed by atoms with Gasteiger partial charge >= 0.3 is 0 Å². The zero-order chi connectivity index (χ0) is 14.4. The Morgan fingerprint density at radius 1 is 1.30 bits per heavy atom. The molecule has 0 spiro atoms. The number of nitrogens with one attached hydrogen (secondary N) is 1. The van der Waals surface area contributed by atoms with Gasteiger partial charge in [0, 0.05) is 31.4 Å². The Balaban J connectivity index is 1.93. The van der Waals surface area contributed by atoms with E-state index >= 15 is 0 Å². The molecular formula is C16H23N3O. The summed E-state index contributed by atoms with van der Waals surface area (Å²) in [7, 11) is 1.94. The van der Waals surface area contributed by atoms with Crippen LogP contribution >= 0.6 is 0 Å². The average Bonchev–Trinajstić information content (AvgIpc) is 2.84. The van der Waals surface area contributed by atoms with E-state index in [0.29, 0.717) is 0 Å². The van der Waals surface area contributed by atoms with Crippen molar-refractivity contribution < 1.29 is 5.11 Å². The predicted octanol–water partition coefficient (Wildman–Crippen LogP) is 1.68. The molecule has 1 heterocycles. The van der Waals surface area contributed by atoms with Crippen LogP contribution < -0.4 is 5.32 Å². The first kappa shape index (κ1) is 14.8. The van der Waals surface area contributed by atoms with E-state index in [1.165, 1.54) is 11.1 Å². The van der Waals surface area contributed by atoms with Crippen molar-refractivity contribution >= 4 is 0 Å². The minimum atomic E-state index is 0.0716. The number of hydrogen-bond acceptors (Lipinski definition) is 3. The lowest BCUT2D eigenvalue weighted by Gasteiger charge is -2.16. The summed E-state index contributed by atoms with van der Waals surface area (Å²) in [6.45, 7) is 2.99. The molecule has 2 N–H and O–H groups in total. The first-order valence-electron chi connectivity index (χ1n) is 7.12. The van der Waals surface area contributed by atoms with Gasteiger partial charge in [0.05, 0.1) is 12.3 Å². The van der Waals surface area contributed by atoms with Gasteiger partial charge in [-0.1, -0.05) is 37.3 Å². The van der Waals surface area contributed by atoms with E-state index in [9.17, 15) is 5.11 Å². The lowest BCUT2D eigenvalue weighted by atomic mass is 10.1. The Bertz CT molecular complexity index is 522. The first-order chi connectivity index (χ1) is 9.72. The summed E-state index contributed by atoms with van der Waals surface area (Å²) in [5, 5.41) is 17.4. The predicted molar refractivity (Wildman–Crippen MR) is 80.4 cm³/mol. The van der Waals surface area contributed by atoms with Crippen LogP contribution in [0, 0.1) is 0 Å². The molecule has 0 amide bonds. The number of nitrogens with zero attached hydrogens (tertiary/aromatic N) is 2. The maximum atomic E-state index is 9.51. The molecule has 1 aromatic heterocycles. The molecule has 1 atom stereocenters. The van der Waals surface area contributed by atoms with Crippen LogP contribution in [0.3, 0.4) is 0 Å². The zero-order valence-corrected chi connectivity index (χ0v) is 12.2. The lowest BCUT2D eigenvalue weighted by molar-refractivity contribution is 0.240. The van der Waals surface area contributed by atoms with E-state index in [0.717, 1.165) is 25.1 Å². The molecule has 0 bridgehead atoms. The molecule has 0 unspecified atom stereocenters. The fourth-order valence-electron chi connectivity index (χ4n) is 2.38. The van der Waals surface area contributed by atoms with Crippen LogP contribution in [0.25, 0.3) is 0 Å². The van der Waals surface area contributed by atoms with Gasteiger partial charge in [-0.05, 0) is 18.4 Å². The van der Waals surface area contributed by atoms with E-state index in [-0.39, 0.29) is 12.6 Å². The van der Waals surface area contributed by atoms with Gasteiger partial charge in [-0.2, -0.15) is 5.10 Å². The Kier molecular flexibility index (Phi) is 5.32. The number of hydrogen-bond donors (Lipinski definition) is 2. The zero-order valence-electron chi connectivity index (χ0n) is 12.2. The quantitative estimate of drug-likeness (QED) is 0.807. The van der Waals surface area contributed by atoms with Crippen LogP contribution in [-0.2, 0) is 26.4 Å². The first-order valence-corrected chi connectivity index (χ1v) is 7.12. The summed E-state index contributed by atoms with van der Waals surface area (Å²) in [5.41, 5.74) is 3.57. The molecule has 108 valence electrons. The van der Waals surface area contributed by atoms with Crippen molar-refractivity contribution in [1.29, 1.82) is 0 Å². The lowest BCUT2D eigenvalue weighted by Crippen LogP contribution is -2.34. The third kappa shape index (κ3) is 3.92. The van der Waals surface area contributed by atoms with Crippen LogP contribution in [0.1, 0.15) is 23.7 Å². The third-order valence-corrected chi connectivity index (χ3v) is 3.45. The van der Waals surface area contributed by atoms with E-state index in [1.807, 2.05) is 36.1 Å². The molecule has 4 nitrogen and oxygen atoms in total. The molecule has 0 aliphatic rings. The number of aliphatic hydroxyl groups is 1. The molecule has 2 aromatic rings. The van der Waals surface area contributed by atoms with Crippen molar-refractivity contribution in [3.05, 3.63) is 53.3 Å². The van der Waals surface area contributed by atoms with Gasteiger partial charge in [0.1, 0.15) is 0 Å². The summed E-state index contributed by atoms with van der Waals surface area (Å²) in [5.74, 6) is 0. The second-order valence-corrected chi connectivity index (χ2v) is 5.08. The maximum absolute atomic E-state index is 9.51. The second-order valence-electron chi connectivity index (χ2n) is 5.08. The third-order valence-electron chi connectivity index (χ3n) is 3.45.